The van der Waals surface area contributed by atoms with Crippen LogP contribution in [0, 0.1) is 6.92 Å². The number of Topliss-reactive ketones (excluding diaryl/α,β-unsaturated/α-hetero) is 2. The molecule has 0 fully saturated rings. The van der Waals surface area contributed by atoms with Crippen LogP contribution in [0.15, 0.2) is 18.2 Å². The maximum atomic E-state index is 11.7. The largest absolute Gasteiger partial charge is 0.331 e. The molecule has 0 aliphatic rings. The summed E-state index contributed by atoms with van der Waals surface area (Å²) < 4.78 is 1.94. The Labute approximate surface area is 107 Å². The van der Waals surface area contributed by atoms with Gasteiger partial charge >= 0.3 is 0 Å². The van der Waals surface area contributed by atoms with E-state index in [0.717, 1.165) is 16.9 Å². The van der Waals surface area contributed by atoms with Crippen LogP contribution in [-0.4, -0.2) is 26.4 Å². The molecule has 2 rings (SSSR count). The van der Waals surface area contributed by atoms with Crippen molar-refractivity contribution in [2.75, 3.05) is 5.33 Å². The van der Waals surface area contributed by atoms with Gasteiger partial charge in [-0.3, -0.25) is 9.59 Å². The first-order valence-electron chi connectivity index (χ1n) is 5.11. The van der Waals surface area contributed by atoms with E-state index >= 15 is 0 Å². The molecule has 0 aliphatic carbocycles. The maximum absolute atomic E-state index is 11.7. The molecule has 0 bridgehead atoms. The lowest BCUT2D eigenvalue weighted by Gasteiger charge is -1.99. The lowest BCUT2D eigenvalue weighted by Crippen LogP contribution is -2.14. The highest BCUT2D eigenvalue weighted by Crippen LogP contribution is 2.17. The summed E-state index contributed by atoms with van der Waals surface area (Å²) in [5, 5.41) is 0.0467. The van der Waals surface area contributed by atoms with Crippen molar-refractivity contribution in [2.24, 2.45) is 7.05 Å². The Morgan fingerprint density at radius 3 is 2.76 bits per heavy atom. The number of carbonyl (C=O) groups is 2. The number of benzene rings is 1. The van der Waals surface area contributed by atoms with Crippen molar-refractivity contribution in [1.29, 1.82) is 0 Å². The summed E-state index contributed by atoms with van der Waals surface area (Å²) in [7, 11) is 1.91. The van der Waals surface area contributed by atoms with Gasteiger partial charge in [0.25, 0.3) is 0 Å². The summed E-state index contributed by atoms with van der Waals surface area (Å²) >= 11 is 2.99. The van der Waals surface area contributed by atoms with Crippen molar-refractivity contribution in [2.45, 2.75) is 6.92 Å². The number of rotatable bonds is 3. The Hall–Kier alpha value is -1.49. The predicted molar refractivity (Wildman–Crippen MR) is 68.6 cm³/mol. The topological polar surface area (TPSA) is 52.0 Å². The van der Waals surface area contributed by atoms with Crippen molar-refractivity contribution >= 4 is 38.5 Å². The van der Waals surface area contributed by atoms with Crippen LogP contribution in [0.5, 0.6) is 0 Å². The molecular formula is C12H11BrN2O2. The Morgan fingerprint density at radius 2 is 2.12 bits per heavy atom. The average molecular weight is 295 g/mol. The van der Waals surface area contributed by atoms with E-state index in [1.165, 1.54) is 0 Å². The first-order chi connectivity index (χ1) is 8.04. The fourth-order valence-corrected chi connectivity index (χ4v) is 1.94. The quantitative estimate of drug-likeness (QED) is 0.494. The summed E-state index contributed by atoms with van der Waals surface area (Å²) in [6.07, 6.45) is 0. The second kappa shape index (κ2) is 4.41. The number of nitrogens with zero attached hydrogens (tertiary/aromatic N) is 2. The number of aryl methyl sites for hydroxylation is 2. The maximum Gasteiger partial charge on any atom is 0.229 e. The molecule has 0 unspecified atom stereocenters. The van der Waals surface area contributed by atoms with Crippen LogP contribution in [-0.2, 0) is 11.8 Å². The Balaban J connectivity index is 2.52. The highest BCUT2D eigenvalue weighted by molar-refractivity contribution is 9.09. The van der Waals surface area contributed by atoms with Crippen molar-refractivity contribution in [3.8, 4) is 0 Å². The molecule has 1 aromatic heterocycles. The van der Waals surface area contributed by atoms with Gasteiger partial charge < -0.3 is 4.57 Å². The third kappa shape index (κ3) is 2.02. The summed E-state index contributed by atoms with van der Waals surface area (Å²) in [5.74, 6) is -0.0551. The molecule has 17 heavy (non-hydrogen) atoms. The van der Waals surface area contributed by atoms with Crippen molar-refractivity contribution in [3.63, 3.8) is 0 Å². The molecule has 0 aliphatic heterocycles. The van der Waals surface area contributed by atoms with Gasteiger partial charge in [0.15, 0.2) is 0 Å². The van der Waals surface area contributed by atoms with Gasteiger partial charge in [0.2, 0.25) is 11.6 Å². The number of ketones is 2. The molecule has 0 spiro atoms. The molecule has 0 saturated heterocycles. The Kier molecular flexibility index (Phi) is 3.11. The van der Waals surface area contributed by atoms with E-state index < -0.39 is 11.6 Å². The van der Waals surface area contributed by atoms with Gasteiger partial charge in [-0.15, -0.1) is 0 Å². The molecule has 0 N–H and O–H groups in total. The smallest absolute Gasteiger partial charge is 0.229 e. The number of fused-ring (bicyclic) bond motifs is 1. The highest BCUT2D eigenvalue weighted by atomic mass is 79.9. The number of hydrogen-bond acceptors (Lipinski definition) is 3. The van der Waals surface area contributed by atoms with E-state index in [1.54, 1.807) is 12.1 Å². The van der Waals surface area contributed by atoms with Crippen molar-refractivity contribution in [1.82, 2.24) is 9.55 Å². The Bertz CT molecular complexity index is 616. The first-order valence-corrected chi connectivity index (χ1v) is 6.23. The van der Waals surface area contributed by atoms with Gasteiger partial charge in [-0.1, -0.05) is 15.9 Å². The lowest BCUT2D eigenvalue weighted by molar-refractivity contribution is -0.112. The normalized spacial score (nSPS) is 10.8. The van der Waals surface area contributed by atoms with Crippen LogP contribution in [0.2, 0.25) is 0 Å². The van der Waals surface area contributed by atoms with Crippen LogP contribution < -0.4 is 0 Å². The minimum Gasteiger partial charge on any atom is -0.331 e. The fourth-order valence-electron chi connectivity index (χ4n) is 1.68. The van der Waals surface area contributed by atoms with Gasteiger partial charge in [0, 0.05) is 12.6 Å². The van der Waals surface area contributed by atoms with E-state index in [0.29, 0.717) is 5.56 Å². The molecule has 0 amide bonds. The number of alkyl halides is 1. The molecule has 1 heterocycles. The van der Waals surface area contributed by atoms with E-state index in [2.05, 4.69) is 20.9 Å². The minimum atomic E-state index is -0.480. The van der Waals surface area contributed by atoms with E-state index in [4.69, 9.17) is 0 Å². The van der Waals surface area contributed by atoms with E-state index in [-0.39, 0.29) is 5.33 Å². The number of carbonyl (C=O) groups excluding carboxylic acids is 2. The Morgan fingerprint density at radius 1 is 1.41 bits per heavy atom. The highest BCUT2D eigenvalue weighted by Gasteiger charge is 2.16. The number of halogens is 1. The molecule has 0 radical (unpaired) electrons. The number of imidazole rings is 1. The van der Waals surface area contributed by atoms with Crippen LogP contribution >= 0.6 is 15.9 Å². The zero-order valence-corrected chi connectivity index (χ0v) is 11.1. The summed E-state index contributed by atoms with van der Waals surface area (Å²) in [5.41, 5.74) is 2.07. The second-order valence-electron chi connectivity index (χ2n) is 3.81. The predicted octanol–water partition coefficient (Wildman–Crippen LogP) is 2.03. The summed E-state index contributed by atoms with van der Waals surface area (Å²) in [4.78, 5) is 27.3. The standard InChI is InChI=1S/C12H11BrN2O2/c1-7-14-9-5-8(12(17)11(16)6-13)3-4-10(9)15(7)2/h3-5H,6H2,1-2H3. The third-order valence-electron chi connectivity index (χ3n) is 2.74. The summed E-state index contributed by atoms with van der Waals surface area (Å²) in [6.45, 7) is 1.89. The molecule has 1 aromatic carbocycles. The van der Waals surface area contributed by atoms with Gasteiger partial charge in [-0.05, 0) is 25.1 Å². The SMILES string of the molecule is Cc1nc2cc(C(=O)C(=O)CBr)ccc2n1C. The molecule has 0 atom stereocenters. The van der Waals surface area contributed by atoms with Crippen LogP contribution in [0.4, 0.5) is 0 Å². The first kappa shape index (κ1) is 12.0. The lowest BCUT2D eigenvalue weighted by atomic mass is 10.1. The van der Waals surface area contributed by atoms with Gasteiger partial charge in [0.1, 0.15) is 5.82 Å². The second-order valence-corrected chi connectivity index (χ2v) is 4.37. The van der Waals surface area contributed by atoms with E-state index in [1.807, 2.05) is 24.6 Å². The molecular weight excluding hydrogens is 284 g/mol. The molecule has 88 valence electrons. The zero-order valence-electron chi connectivity index (χ0n) is 9.53. The monoisotopic (exact) mass is 294 g/mol. The zero-order chi connectivity index (χ0) is 12.6. The van der Waals surface area contributed by atoms with Gasteiger partial charge in [-0.25, -0.2) is 4.98 Å². The molecule has 0 saturated carbocycles. The van der Waals surface area contributed by atoms with Crippen LogP contribution in [0.3, 0.4) is 0 Å². The van der Waals surface area contributed by atoms with Crippen LogP contribution in [0.1, 0.15) is 16.2 Å². The summed E-state index contributed by atoms with van der Waals surface area (Å²) in [6, 6.07) is 5.13. The minimum absolute atomic E-state index is 0.0467. The molecule has 4 nitrogen and oxygen atoms in total. The average Bonchev–Trinajstić information content (AvgIpc) is 2.62. The number of hydrogen-bond donors (Lipinski definition) is 0. The van der Waals surface area contributed by atoms with Crippen molar-refractivity contribution in [3.05, 3.63) is 29.6 Å². The third-order valence-corrected chi connectivity index (χ3v) is 3.25. The fraction of sp³-hybridized carbons (Fsp3) is 0.250. The molecule has 5 heteroatoms. The van der Waals surface area contributed by atoms with Gasteiger partial charge in [0.05, 0.1) is 16.4 Å². The van der Waals surface area contributed by atoms with Crippen LogP contribution in [0.25, 0.3) is 11.0 Å². The molecule has 2 aromatic rings. The van der Waals surface area contributed by atoms with E-state index in [9.17, 15) is 9.59 Å². The van der Waals surface area contributed by atoms with Gasteiger partial charge in [-0.2, -0.15) is 0 Å². The number of aromatic nitrogens is 2. The van der Waals surface area contributed by atoms with Crippen molar-refractivity contribution < 1.29 is 9.59 Å².